The van der Waals surface area contributed by atoms with Gasteiger partial charge in [0.15, 0.2) is 5.78 Å². The van der Waals surface area contributed by atoms with E-state index in [1.165, 1.54) is 22.6 Å². The zero-order chi connectivity index (χ0) is 20.2. The van der Waals surface area contributed by atoms with Gasteiger partial charge in [0.1, 0.15) is 0 Å². The summed E-state index contributed by atoms with van der Waals surface area (Å²) in [4.78, 5) is 28.9. The van der Waals surface area contributed by atoms with Gasteiger partial charge < -0.3 is 10.2 Å². The van der Waals surface area contributed by atoms with E-state index in [4.69, 9.17) is 0 Å². The lowest BCUT2D eigenvalue weighted by Gasteiger charge is -2.21. The van der Waals surface area contributed by atoms with Crippen molar-refractivity contribution in [2.45, 2.75) is 32.7 Å². The van der Waals surface area contributed by atoms with Crippen LogP contribution in [0.3, 0.4) is 0 Å². The number of hydrogen-bond donors (Lipinski definition) is 1. The number of ketones is 1. The van der Waals surface area contributed by atoms with E-state index in [9.17, 15) is 9.59 Å². The summed E-state index contributed by atoms with van der Waals surface area (Å²) in [6.45, 7) is 3.71. The zero-order valence-electron chi connectivity index (χ0n) is 16.5. The molecule has 0 spiro atoms. The van der Waals surface area contributed by atoms with E-state index in [1.807, 2.05) is 37.3 Å². The van der Waals surface area contributed by atoms with Gasteiger partial charge in [-0.05, 0) is 48.7 Å². The Morgan fingerprint density at radius 1 is 1.00 bits per heavy atom. The summed E-state index contributed by atoms with van der Waals surface area (Å²) in [5, 5.41) is 3.01. The van der Waals surface area contributed by atoms with Crippen LogP contribution >= 0.6 is 11.3 Å². The van der Waals surface area contributed by atoms with E-state index in [1.54, 1.807) is 0 Å². The minimum Gasteiger partial charge on any atom is -0.367 e. The zero-order valence-corrected chi connectivity index (χ0v) is 17.3. The normalized spacial score (nSPS) is 12.7. The fourth-order valence-electron chi connectivity index (χ4n) is 3.70. The first-order valence-electron chi connectivity index (χ1n) is 9.90. The van der Waals surface area contributed by atoms with Crippen molar-refractivity contribution in [2.24, 2.45) is 0 Å². The molecule has 2 heterocycles. The summed E-state index contributed by atoms with van der Waals surface area (Å²) in [5.74, 6) is -0.0962. The monoisotopic (exact) mass is 404 g/mol. The molecule has 0 unspecified atom stereocenters. The molecule has 0 aliphatic carbocycles. The van der Waals surface area contributed by atoms with E-state index >= 15 is 0 Å². The van der Waals surface area contributed by atoms with Crippen LogP contribution in [0.25, 0.3) is 0 Å². The van der Waals surface area contributed by atoms with Gasteiger partial charge >= 0.3 is 0 Å². The Kier molecular flexibility index (Phi) is 5.76. The first-order chi connectivity index (χ1) is 14.1. The van der Waals surface area contributed by atoms with Crippen LogP contribution in [0, 0.1) is 6.92 Å². The number of hydrogen-bond acceptors (Lipinski definition) is 4. The molecule has 0 fully saturated rings. The van der Waals surface area contributed by atoms with Crippen molar-refractivity contribution in [3.05, 3.63) is 81.5 Å². The first kappa shape index (κ1) is 19.4. The maximum absolute atomic E-state index is 12.5. The molecule has 2 aromatic carbocycles. The first-order valence-corrected chi connectivity index (χ1v) is 10.7. The second-order valence-corrected chi connectivity index (χ2v) is 8.63. The number of para-hydroxylation sites is 2. The number of benzene rings is 2. The highest BCUT2D eigenvalue weighted by molar-refractivity contribution is 7.14. The van der Waals surface area contributed by atoms with Crippen LogP contribution < -0.4 is 10.2 Å². The molecule has 29 heavy (non-hydrogen) atoms. The number of Topliss-reactive ketones (excluding diaryl/α,β-unsaturated/α-hetero) is 1. The van der Waals surface area contributed by atoms with Crippen LogP contribution in [0.5, 0.6) is 0 Å². The lowest BCUT2D eigenvalue weighted by Crippen LogP contribution is -2.21. The van der Waals surface area contributed by atoms with E-state index in [0.717, 1.165) is 40.5 Å². The molecule has 148 valence electrons. The topological polar surface area (TPSA) is 49.4 Å². The lowest BCUT2D eigenvalue weighted by atomic mass is 10.1. The fraction of sp³-hybridized carbons (Fsp3) is 0.250. The number of amides is 1. The maximum atomic E-state index is 12.5. The molecule has 5 heteroatoms. The van der Waals surface area contributed by atoms with Crippen LogP contribution in [-0.4, -0.2) is 18.2 Å². The van der Waals surface area contributed by atoms with E-state index in [2.05, 4.69) is 40.5 Å². The molecule has 0 saturated heterocycles. The number of carbonyl (C=O) groups is 2. The number of fused-ring (bicyclic) bond motifs is 1. The Morgan fingerprint density at radius 2 is 1.79 bits per heavy atom. The van der Waals surface area contributed by atoms with Crippen LogP contribution in [0.2, 0.25) is 0 Å². The molecule has 0 bridgehead atoms. The fourth-order valence-corrected chi connectivity index (χ4v) is 4.54. The molecule has 0 atom stereocenters. The average molecular weight is 405 g/mol. The van der Waals surface area contributed by atoms with Crippen molar-refractivity contribution in [1.82, 2.24) is 0 Å². The molecule has 0 radical (unpaired) electrons. The number of carbonyl (C=O) groups excluding carboxylic acids is 2. The third-order valence-electron chi connectivity index (χ3n) is 5.23. The predicted molar refractivity (Wildman–Crippen MR) is 119 cm³/mol. The quantitative estimate of drug-likeness (QED) is 0.549. The minimum absolute atomic E-state index is 0.0280. The van der Waals surface area contributed by atoms with Gasteiger partial charge in [0.05, 0.1) is 4.88 Å². The number of rotatable bonds is 7. The Labute approximate surface area is 175 Å². The van der Waals surface area contributed by atoms with E-state index in [-0.39, 0.29) is 24.5 Å². The van der Waals surface area contributed by atoms with Crippen molar-refractivity contribution in [3.8, 4) is 0 Å². The smallest absolute Gasteiger partial charge is 0.224 e. The second-order valence-electron chi connectivity index (χ2n) is 7.34. The SMILES string of the molecule is Cc1ccc(C(=O)CCC(=O)Nc2ccccc2CN2CCc3ccccc32)s1. The highest BCUT2D eigenvalue weighted by Gasteiger charge is 2.19. The summed E-state index contributed by atoms with van der Waals surface area (Å²) >= 11 is 1.48. The molecule has 4 nitrogen and oxygen atoms in total. The third kappa shape index (κ3) is 4.57. The summed E-state index contributed by atoms with van der Waals surface area (Å²) in [6, 6.07) is 20.2. The van der Waals surface area contributed by atoms with Gasteiger partial charge in [-0.1, -0.05) is 36.4 Å². The highest BCUT2D eigenvalue weighted by Crippen LogP contribution is 2.30. The summed E-state index contributed by atoms with van der Waals surface area (Å²) in [5.41, 5.74) is 4.54. The molecule has 0 saturated carbocycles. The van der Waals surface area contributed by atoms with Gasteiger partial charge in [-0.15, -0.1) is 11.3 Å². The summed E-state index contributed by atoms with van der Waals surface area (Å²) < 4.78 is 0. The van der Waals surface area contributed by atoms with Crippen LogP contribution in [-0.2, 0) is 17.8 Å². The van der Waals surface area contributed by atoms with Gasteiger partial charge in [0, 0.05) is 42.2 Å². The van der Waals surface area contributed by atoms with Gasteiger partial charge in [-0.25, -0.2) is 0 Å². The van der Waals surface area contributed by atoms with Crippen molar-refractivity contribution >= 4 is 34.4 Å². The lowest BCUT2D eigenvalue weighted by molar-refractivity contribution is -0.116. The number of nitrogens with zero attached hydrogens (tertiary/aromatic N) is 1. The average Bonchev–Trinajstić information content (AvgIpc) is 3.34. The molecule has 1 N–H and O–H groups in total. The number of aryl methyl sites for hydroxylation is 1. The molecule has 4 rings (SSSR count). The molecule has 1 aliphatic heterocycles. The standard InChI is InChI=1S/C24H24N2O2S/c1-17-10-12-23(29-17)22(27)11-13-24(28)25-20-8-4-2-7-19(20)16-26-15-14-18-6-3-5-9-21(18)26/h2-10,12H,11,13-16H2,1H3,(H,25,28). The number of thiophene rings is 1. The van der Waals surface area contributed by atoms with Gasteiger partial charge in [0.25, 0.3) is 0 Å². The Hall–Kier alpha value is -2.92. The van der Waals surface area contributed by atoms with Crippen molar-refractivity contribution in [3.63, 3.8) is 0 Å². The van der Waals surface area contributed by atoms with Crippen molar-refractivity contribution in [2.75, 3.05) is 16.8 Å². The highest BCUT2D eigenvalue weighted by atomic mass is 32.1. The summed E-state index contributed by atoms with van der Waals surface area (Å²) in [7, 11) is 0. The number of nitrogens with one attached hydrogen (secondary N) is 1. The van der Waals surface area contributed by atoms with Gasteiger partial charge in [-0.3, -0.25) is 9.59 Å². The second kappa shape index (κ2) is 8.62. The van der Waals surface area contributed by atoms with E-state index < -0.39 is 0 Å². The largest absolute Gasteiger partial charge is 0.367 e. The Morgan fingerprint density at radius 3 is 2.62 bits per heavy atom. The van der Waals surface area contributed by atoms with Gasteiger partial charge in [0.2, 0.25) is 5.91 Å². The Bertz CT molecular complexity index is 1040. The molecular formula is C24H24N2O2S. The van der Waals surface area contributed by atoms with Crippen molar-refractivity contribution in [1.29, 1.82) is 0 Å². The summed E-state index contributed by atoms with van der Waals surface area (Å²) in [6.07, 6.45) is 1.47. The third-order valence-corrected chi connectivity index (χ3v) is 6.27. The molecule has 1 aliphatic rings. The minimum atomic E-state index is -0.124. The number of anilines is 2. The molecule has 1 amide bonds. The predicted octanol–water partition coefficient (Wildman–Crippen LogP) is 5.22. The van der Waals surface area contributed by atoms with Gasteiger partial charge in [-0.2, -0.15) is 0 Å². The molecule has 3 aromatic rings. The molecule has 1 aromatic heterocycles. The van der Waals surface area contributed by atoms with Crippen LogP contribution in [0.4, 0.5) is 11.4 Å². The maximum Gasteiger partial charge on any atom is 0.224 e. The van der Waals surface area contributed by atoms with Crippen LogP contribution in [0.15, 0.2) is 60.7 Å². The van der Waals surface area contributed by atoms with Crippen LogP contribution in [0.1, 0.15) is 38.5 Å². The van der Waals surface area contributed by atoms with E-state index in [0.29, 0.717) is 0 Å². The molecular weight excluding hydrogens is 380 g/mol. The Balaban J connectivity index is 1.38. The van der Waals surface area contributed by atoms with Crippen molar-refractivity contribution < 1.29 is 9.59 Å².